The van der Waals surface area contributed by atoms with Gasteiger partial charge in [-0.05, 0) is 13.0 Å². The van der Waals surface area contributed by atoms with E-state index in [9.17, 15) is 0 Å². The lowest BCUT2D eigenvalue weighted by molar-refractivity contribution is 0.734. The van der Waals surface area contributed by atoms with Crippen molar-refractivity contribution >= 4 is 16.5 Å². The molecular formula is C11H21N3S. The van der Waals surface area contributed by atoms with E-state index >= 15 is 0 Å². The molecule has 0 radical (unpaired) electrons. The van der Waals surface area contributed by atoms with Gasteiger partial charge in [0, 0.05) is 31.2 Å². The van der Waals surface area contributed by atoms with Gasteiger partial charge in [0.15, 0.2) is 5.13 Å². The fourth-order valence-electron chi connectivity index (χ4n) is 1.29. The van der Waals surface area contributed by atoms with Crippen molar-refractivity contribution in [2.45, 2.75) is 33.2 Å². The summed E-state index contributed by atoms with van der Waals surface area (Å²) in [6.45, 7) is 7.39. The molecule has 1 rings (SSSR count). The second-order valence-electron chi connectivity index (χ2n) is 3.66. The Kier molecular flexibility index (Phi) is 5.65. The zero-order chi connectivity index (χ0) is 11.1. The summed E-state index contributed by atoms with van der Waals surface area (Å²) in [7, 11) is 2.12. The first-order chi connectivity index (χ1) is 7.27. The van der Waals surface area contributed by atoms with E-state index in [0.29, 0.717) is 0 Å². The number of thiazole rings is 1. The third-order valence-corrected chi connectivity index (χ3v) is 3.38. The van der Waals surface area contributed by atoms with Crippen molar-refractivity contribution in [1.29, 1.82) is 0 Å². The summed E-state index contributed by atoms with van der Waals surface area (Å²) in [5.74, 6) is 0. The van der Waals surface area contributed by atoms with Crippen LogP contribution in [0.1, 0.15) is 31.6 Å². The number of anilines is 1. The predicted octanol–water partition coefficient (Wildman–Crippen LogP) is 2.49. The SMILES string of the molecule is CCCCN(C)c1ncc(CNCC)s1. The number of hydrogen-bond acceptors (Lipinski definition) is 4. The van der Waals surface area contributed by atoms with Crippen LogP contribution in [-0.4, -0.2) is 25.1 Å². The molecule has 3 nitrogen and oxygen atoms in total. The van der Waals surface area contributed by atoms with Gasteiger partial charge in [-0.25, -0.2) is 4.98 Å². The lowest BCUT2D eigenvalue weighted by Gasteiger charge is -2.14. The molecule has 1 aromatic rings. The number of aromatic nitrogens is 1. The summed E-state index contributed by atoms with van der Waals surface area (Å²) in [4.78, 5) is 7.98. The molecule has 0 atom stereocenters. The highest BCUT2D eigenvalue weighted by atomic mass is 32.1. The molecular weight excluding hydrogens is 206 g/mol. The van der Waals surface area contributed by atoms with E-state index in [0.717, 1.165) is 24.8 Å². The van der Waals surface area contributed by atoms with Gasteiger partial charge in [-0.15, -0.1) is 11.3 Å². The molecule has 15 heavy (non-hydrogen) atoms. The van der Waals surface area contributed by atoms with Crippen LogP contribution in [0, 0.1) is 0 Å². The summed E-state index contributed by atoms with van der Waals surface area (Å²) in [5, 5.41) is 4.45. The molecule has 0 bridgehead atoms. The highest BCUT2D eigenvalue weighted by Crippen LogP contribution is 2.21. The molecule has 0 spiro atoms. The molecule has 0 aliphatic carbocycles. The van der Waals surface area contributed by atoms with E-state index in [2.05, 4.69) is 36.1 Å². The maximum absolute atomic E-state index is 4.43. The molecule has 1 N–H and O–H groups in total. The number of nitrogens with one attached hydrogen (secondary N) is 1. The smallest absolute Gasteiger partial charge is 0.185 e. The van der Waals surface area contributed by atoms with Crippen molar-refractivity contribution in [3.63, 3.8) is 0 Å². The molecule has 0 amide bonds. The molecule has 0 saturated heterocycles. The fraction of sp³-hybridized carbons (Fsp3) is 0.727. The lowest BCUT2D eigenvalue weighted by atomic mass is 10.3. The van der Waals surface area contributed by atoms with Crippen LogP contribution in [0.3, 0.4) is 0 Å². The van der Waals surface area contributed by atoms with E-state index in [1.54, 1.807) is 11.3 Å². The zero-order valence-electron chi connectivity index (χ0n) is 9.92. The van der Waals surface area contributed by atoms with Crippen LogP contribution in [0.5, 0.6) is 0 Å². The van der Waals surface area contributed by atoms with Crippen molar-refractivity contribution in [2.75, 3.05) is 25.0 Å². The number of hydrogen-bond donors (Lipinski definition) is 1. The Morgan fingerprint density at radius 1 is 1.47 bits per heavy atom. The first-order valence-electron chi connectivity index (χ1n) is 5.64. The van der Waals surface area contributed by atoms with Gasteiger partial charge in [-0.1, -0.05) is 20.3 Å². The Balaban J connectivity index is 2.43. The summed E-state index contributed by atoms with van der Waals surface area (Å²) in [6.07, 6.45) is 4.45. The second kappa shape index (κ2) is 6.80. The minimum atomic E-state index is 0.940. The normalized spacial score (nSPS) is 10.6. The average Bonchev–Trinajstić information content (AvgIpc) is 2.71. The molecule has 86 valence electrons. The molecule has 0 unspecified atom stereocenters. The van der Waals surface area contributed by atoms with Crippen molar-refractivity contribution in [2.24, 2.45) is 0 Å². The summed E-state index contributed by atoms with van der Waals surface area (Å²) in [6, 6.07) is 0. The van der Waals surface area contributed by atoms with Gasteiger partial charge in [0.1, 0.15) is 0 Å². The largest absolute Gasteiger partial charge is 0.351 e. The summed E-state index contributed by atoms with van der Waals surface area (Å²) in [5.41, 5.74) is 0. The van der Waals surface area contributed by atoms with E-state index in [4.69, 9.17) is 0 Å². The molecule has 0 fully saturated rings. The first-order valence-corrected chi connectivity index (χ1v) is 6.46. The van der Waals surface area contributed by atoms with Gasteiger partial charge in [0.05, 0.1) is 0 Å². The van der Waals surface area contributed by atoms with Crippen LogP contribution < -0.4 is 10.2 Å². The minimum Gasteiger partial charge on any atom is -0.351 e. The average molecular weight is 227 g/mol. The number of nitrogens with zero attached hydrogens (tertiary/aromatic N) is 2. The van der Waals surface area contributed by atoms with Gasteiger partial charge in [-0.3, -0.25) is 0 Å². The van der Waals surface area contributed by atoms with E-state index in [-0.39, 0.29) is 0 Å². The van der Waals surface area contributed by atoms with Crippen LogP contribution >= 0.6 is 11.3 Å². The highest BCUT2D eigenvalue weighted by Gasteiger charge is 2.05. The topological polar surface area (TPSA) is 28.2 Å². The van der Waals surface area contributed by atoms with Gasteiger partial charge in [0.2, 0.25) is 0 Å². The second-order valence-corrected chi connectivity index (χ2v) is 4.76. The Labute approximate surface area is 96.5 Å². The van der Waals surface area contributed by atoms with Crippen LogP contribution in [0.4, 0.5) is 5.13 Å². The third-order valence-electron chi connectivity index (χ3n) is 2.26. The van der Waals surface area contributed by atoms with Crippen LogP contribution in [-0.2, 0) is 6.54 Å². The highest BCUT2D eigenvalue weighted by molar-refractivity contribution is 7.15. The monoisotopic (exact) mass is 227 g/mol. The van der Waals surface area contributed by atoms with Crippen molar-refractivity contribution < 1.29 is 0 Å². The standard InChI is InChI=1S/C11H21N3S/c1-4-6-7-14(3)11-13-9-10(15-11)8-12-5-2/h9,12H,4-8H2,1-3H3. The Bertz CT molecular complexity index is 273. The lowest BCUT2D eigenvalue weighted by Crippen LogP contribution is -2.17. The van der Waals surface area contributed by atoms with Gasteiger partial charge >= 0.3 is 0 Å². The zero-order valence-corrected chi connectivity index (χ0v) is 10.7. The van der Waals surface area contributed by atoms with Crippen LogP contribution in [0.15, 0.2) is 6.20 Å². The van der Waals surface area contributed by atoms with Gasteiger partial charge < -0.3 is 10.2 Å². The Morgan fingerprint density at radius 2 is 2.27 bits per heavy atom. The van der Waals surface area contributed by atoms with Crippen LogP contribution in [0.2, 0.25) is 0 Å². The van der Waals surface area contributed by atoms with E-state index < -0.39 is 0 Å². The number of unbranched alkanes of at least 4 members (excludes halogenated alkanes) is 1. The molecule has 0 aliphatic heterocycles. The minimum absolute atomic E-state index is 0.940. The van der Waals surface area contributed by atoms with Crippen molar-refractivity contribution in [3.05, 3.63) is 11.1 Å². The molecule has 0 aromatic carbocycles. The molecule has 0 aliphatic rings. The fourth-order valence-corrected chi connectivity index (χ4v) is 2.16. The van der Waals surface area contributed by atoms with Crippen LogP contribution in [0.25, 0.3) is 0 Å². The van der Waals surface area contributed by atoms with Gasteiger partial charge in [0.25, 0.3) is 0 Å². The quantitative estimate of drug-likeness (QED) is 0.775. The Hall–Kier alpha value is -0.610. The molecule has 1 heterocycles. The van der Waals surface area contributed by atoms with E-state index in [1.807, 2.05) is 6.20 Å². The molecule has 4 heteroatoms. The maximum Gasteiger partial charge on any atom is 0.185 e. The maximum atomic E-state index is 4.43. The third kappa shape index (κ3) is 4.18. The van der Waals surface area contributed by atoms with Crippen molar-refractivity contribution in [1.82, 2.24) is 10.3 Å². The molecule has 0 saturated carbocycles. The van der Waals surface area contributed by atoms with E-state index in [1.165, 1.54) is 17.7 Å². The van der Waals surface area contributed by atoms with Gasteiger partial charge in [-0.2, -0.15) is 0 Å². The Morgan fingerprint density at radius 3 is 2.93 bits per heavy atom. The predicted molar refractivity (Wildman–Crippen MR) is 67.7 cm³/mol. The molecule has 1 aromatic heterocycles. The first kappa shape index (κ1) is 12.5. The number of rotatable bonds is 7. The summed E-state index contributed by atoms with van der Waals surface area (Å²) >= 11 is 1.78. The summed E-state index contributed by atoms with van der Waals surface area (Å²) < 4.78 is 0. The van der Waals surface area contributed by atoms with Crippen molar-refractivity contribution in [3.8, 4) is 0 Å².